The van der Waals surface area contributed by atoms with Gasteiger partial charge in [0.05, 0.1) is 11.8 Å². The van der Waals surface area contributed by atoms with Crippen molar-refractivity contribution in [3.63, 3.8) is 0 Å². The van der Waals surface area contributed by atoms with Crippen molar-refractivity contribution in [2.75, 3.05) is 6.61 Å². The number of hydrogen-bond acceptors (Lipinski definition) is 4. The molecule has 0 aromatic heterocycles. The van der Waals surface area contributed by atoms with Crippen LogP contribution in [0.3, 0.4) is 0 Å². The number of rotatable bonds is 7. The summed E-state index contributed by atoms with van der Waals surface area (Å²) in [6, 6.07) is 23.6. The molecule has 0 saturated carbocycles. The molecule has 3 aromatic carbocycles. The Hall–Kier alpha value is -3.93. The summed E-state index contributed by atoms with van der Waals surface area (Å²) in [5.74, 6) is -0.806. The molecule has 0 aliphatic heterocycles. The zero-order valence-corrected chi connectivity index (χ0v) is 14.9. The molecule has 6 nitrogen and oxygen atoms in total. The lowest BCUT2D eigenvalue weighted by atomic mass is 10.1. The second kappa shape index (κ2) is 9.14. The highest BCUT2D eigenvalue weighted by Gasteiger charge is 2.03. The van der Waals surface area contributed by atoms with Crippen molar-refractivity contribution in [3.8, 4) is 16.9 Å². The Bertz CT molecular complexity index is 966. The summed E-state index contributed by atoms with van der Waals surface area (Å²) >= 11 is 0. The summed E-state index contributed by atoms with van der Waals surface area (Å²) in [4.78, 5) is 22.6. The molecule has 0 fully saturated rings. The summed E-state index contributed by atoms with van der Waals surface area (Å²) in [6.07, 6.45) is 1.43. The van der Waals surface area contributed by atoms with E-state index in [1.165, 1.54) is 18.3 Å². The van der Waals surface area contributed by atoms with Crippen LogP contribution in [-0.4, -0.2) is 29.8 Å². The van der Waals surface area contributed by atoms with Crippen molar-refractivity contribution >= 4 is 18.1 Å². The smallest absolute Gasteiger partial charge is 0.335 e. The molecule has 0 aliphatic carbocycles. The average molecular weight is 374 g/mol. The first-order valence-corrected chi connectivity index (χ1v) is 8.55. The van der Waals surface area contributed by atoms with Crippen LogP contribution in [0, 0.1) is 0 Å². The minimum absolute atomic E-state index is 0.167. The molecule has 2 N–H and O–H groups in total. The van der Waals surface area contributed by atoms with E-state index in [0.717, 1.165) is 11.1 Å². The summed E-state index contributed by atoms with van der Waals surface area (Å²) < 4.78 is 5.45. The number of carbonyl (C=O) groups is 2. The first-order valence-electron chi connectivity index (χ1n) is 8.55. The summed E-state index contributed by atoms with van der Waals surface area (Å²) in [6.45, 7) is -0.167. The lowest BCUT2D eigenvalue weighted by molar-refractivity contribution is -0.123. The maximum Gasteiger partial charge on any atom is 0.335 e. The van der Waals surface area contributed by atoms with E-state index < -0.39 is 11.9 Å². The average Bonchev–Trinajstić information content (AvgIpc) is 2.73. The maximum absolute atomic E-state index is 11.8. The molecule has 3 rings (SSSR count). The number of ether oxygens (including phenoxy) is 1. The van der Waals surface area contributed by atoms with Crippen LogP contribution in [0.2, 0.25) is 0 Å². The first kappa shape index (κ1) is 18.8. The van der Waals surface area contributed by atoms with Crippen molar-refractivity contribution in [2.45, 2.75) is 0 Å². The number of aromatic carboxylic acids is 1. The lowest BCUT2D eigenvalue weighted by Crippen LogP contribution is -2.24. The van der Waals surface area contributed by atoms with Gasteiger partial charge in [0.2, 0.25) is 0 Å². The number of amides is 1. The molecule has 0 unspecified atom stereocenters. The number of benzene rings is 3. The predicted octanol–water partition coefficient (Wildman–Crippen LogP) is 3.58. The van der Waals surface area contributed by atoms with E-state index in [2.05, 4.69) is 10.5 Å². The fourth-order valence-electron chi connectivity index (χ4n) is 2.45. The van der Waals surface area contributed by atoms with Gasteiger partial charge in [-0.1, -0.05) is 54.6 Å². The van der Waals surface area contributed by atoms with Crippen LogP contribution in [0.4, 0.5) is 0 Å². The number of carbonyl (C=O) groups excluding carboxylic acids is 1. The predicted molar refractivity (Wildman–Crippen MR) is 107 cm³/mol. The molecule has 0 spiro atoms. The Balaban J connectivity index is 1.47. The fourth-order valence-corrected chi connectivity index (χ4v) is 2.45. The Morgan fingerprint density at radius 2 is 1.54 bits per heavy atom. The SMILES string of the molecule is O=C(COc1ccc(-c2ccccc2)cc1)N/N=C\c1ccc(C(=O)O)cc1. The molecule has 0 radical (unpaired) electrons. The van der Waals surface area contributed by atoms with E-state index in [1.807, 2.05) is 54.6 Å². The Morgan fingerprint density at radius 1 is 0.893 bits per heavy atom. The van der Waals surface area contributed by atoms with Crippen molar-refractivity contribution < 1.29 is 19.4 Å². The van der Waals surface area contributed by atoms with Gasteiger partial charge in [-0.2, -0.15) is 5.10 Å². The zero-order chi connectivity index (χ0) is 19.8. The second-order valence-corrected chi connectivity index (χ2v) is 5.90. The molecular weight excluding hydrogens is 356 g/mol. The van der Waals surface area contributed by atoms with Crippen molar-refractivity contribution in [1.29, 1.82) is 0 Å². The van der Waals surface area contributed by atoms with Gasteiger partial charge in [-0.05, 0) is 41.0 Å². The van der Waals surface area contributed by atoms with Gasteiger partial charge in [0, 0.05) is 0 Å². The van der Waals surface area contributed by atoms with E-state index in [4.69, 9.17) is 9.84 Å². The highest BCUT2D eigenvalue weighted by Crippen LogP contribution is 2.21. The van der Waals surface area contributed by atoms with Crippen LogP contribution in [-0.2, 0) is 4.79 Å². The third kappa shape index (κ3) is 5.28. The number of carboxylic acids is 1. The number of hydrazone groups is 1. The van der Waals surface area contributed by atoms with Crippen molar-refractivity contribution in [3.05, 3.63) is 90.0 Å². The molecule has 1 amide bonds. The van der Waals surface area contributed by atoms with Crippen LogP contribution in [0.25, 0.3) is 11.1 Å². The van der Waals surface area contributed by atoms with Crippen LogP contribution >= 0.6 is 0 Å². The van der Waals surface area contributed by atoms with Gasteiger partial charge in [-0.25, -0.2) is 10.2 Å². The first-order chi connectivity index (χ1) is 13.6. The van der Waals surface area contributed by atoms with Gasteiger partial charge in [0.15, 0.2) is 6.61 Å². The lowest BCUT2D eigenvalue weighted by Gasteiger charge is -2.06. The van der Waals surface area contributed by atoms with Crippen LogP contribution < -0.4 is 10.2 Å². The molecule has 0 bridgehead atoms. The highest BCUT2D eigenvalue weighted by atomic mass is 16.5. The quantitative estimate of drug-likeness (QED) is 0.489. The minimum Gasteiger partial charge on any atom is -0.484 e. The van der Waals surface area contributed by atoms with Gasteiger partial charge in [0.1, 0.15) is 5.75 Å². The van der Waals surface area contributed by atoms with Gasteiger partial charge in [-0.3, -0.25) is 4.79 Å². The number of hydrogen-bond donors (Lipinski definition) is 2. The molecule has 0 atom stereocenters. The Kier molecular flexibility index (Phi) is 6.15. The number of nitrogens with zero attached hydrogens (tertiary/aromatic N) is 1. The van der Waals surface area contributed by atoms with Gasteiger partial charge >= 0.3 is 5.97 Å². The van der Waals surface area contributed by atoms with Gasteiger partial charge < -0.3 is 9.84 Å². The van der Waals surface area contributed by atoms with E-state index in [1.54, 1.807) is 12.1 Å². The van der Waals surface area contributed by atoms with Crippen molar-refractivity contribution in [1.82, 2.24) is 5.43 Å². The Labute approximate surface area is 162 Å². The number of nitrogens with one attached hydrogen (secondary N) is 1. The molecule has 6 heteroatoms. The molecule has 0 aliphatic rings. The Morgan fingerprint density at radius 3 is 2.18 bits per heavy atom. The van der Waals surface area contributed by atoms with E-state index >= 15 is 0 Å². The summed E-state index contributed by atoms with van der Waals surface area (Å²) in [5.41, 5.74) is 5.40. The van der Waals surface area contributed by atoms with Crippen molar-refractivity contribution in [2.24, 2.45) is 5.10 Å². The normalized spacial score (nSPS) is 10.6. The van der Waals surface area contributed by atoms with Crippen LogP contribution in [0.1, 0.15) is 15.9 Å². The maximum atomic E-state index is 11.8. The summed E-state index contributed by atoms with van der Waals surface area (Å²) in [7, 11) is 0. The molecule has 0 heterocycles. The molecular formula is C22H18N2O4. The largest absolute Gasteiger partial charge is 0.484 e. The minimum atomic E-state index is -0.995. The highest BCUT2D eigenvalue weighted by molar-refractivity contribution is 5.89. The standard InChI is InChI=1S/C22H18N2O4/c25-21(24-23-14-16-6-8-19(9-7-16)22(26)27)15-28-20-12-10-18(11-13-20)17-4-2-1-3-5-17/h1-14H,15H2,(H,24,25)(H,26,27)/b23-14-. The van der Waals surface area contributed by atoms with E-state index in [0.29, 0.717) is 11.3 Å². The van der Waals surface area contributed by atoms with Gasteiger partial charge in [-0.15, -0.1) is 0 Å². The number of carboxylic acid groups (broad SMARTS) is 1. The van der Waals surface area contributed by atoms with Gasteiger partial charge in [0.25, 0.3) is 5.91 Å². The van der Waals surface area contributed by atoms with E-state index in [9.17, 15) is 9.59 Å². The molecule has 3 aromatic rings. The second-order valence-electron chi connectivity index (χ2n) is 5.90. The summed E-state index contributed by atoms with van der Waals surface area (Å²) in [5, 5.41) is 12.7. The van der Waals surface area contributed by atoms with Crippen LogP contribution in [0.15, 0.2) is 84.0 Å². The topological polar surface area (TPSA) is 88.0 Å². The van der Waals surface area contributed by atoms with Crippen LogP contribution in [0.5, 0.6) is 5.75 Å². The molecule has 28 heavy (non-hydrogen) atoms. The zero-order valence-electron chi connectivity index (χ0n) is 14.9. The monoisotopic (exact) mass is 374 g/mol. The third-order valence-electron chi connectivity index (χ3n) is 3.89. The fraction of sp³-hybridized carbons (Fsp3) is 0.0455. The van der Waals surface area contributed by atoms with E-state index in [-0.39, 0.29) is 12.2 Å². The molecule has 0 saturated heterocycles. The molecule has 140 valence electrons. The third-order valence-corrected chi connectivity index (χ3v) is 3.89.